The molecule has 0 saturated carbocycles. The first-order valence-electron chi connectivity index (χ1n) is 3.35. The van der Waals surface area contributed by atoms with Crippen molar-refractivity contribution in [2.45, 2.75) is 20.8 Å². The Morgan fingerprint density at radius 3 is 2.10 bits per heavy atom. The van der Waals surface area contributed by atoms with Crippen molar-refractivity contribution in [2.75, 3.05) is 7.05 Å². The molecular formula is C8H14N2. The van der Waals surface area contributed by atoms with E-state index >= 15 is 0 Å². The summed E-state index contributed by atoms with van der Waals surface area (Å²) in [6.07, 6.45) is 3.96. The molecule has 0 aliphatic carbocycles. The van der Waals surface area contributed by atoms with Gasteiger partial charge in [0, 0.05) is 7.05 Å². The summed E-state index contributed by atoms with van der Waals surface area (Å²) < 4.78 is 0. The molecule has 0 unspecified atom stereocenters. The molecule has 2 heteroatoms. The highest BCUT2D eigenvalue weighted by Crippen LogP contribution is 2.09. The van der Waals surface area contributed by atoms with Crippen LogP contribution in [-0.2, 0) is 0 Å². The summed E-state index contributed by atoms with van der Waals surface area (Å²) in [4.78, 5) is 0. The van der Waals surface area contributed by atoms with Crippen molar-refractivity contribution < 1.29 is 0 Å². The average molecular weight is 138 g/mol. The largest absolute Gasteiger partial charge is 0.192 e. The van der Waals surface area contributed by atoms with E-state index in [0.717, 1.165) is 11.3 Å². The maximum Gasteiger partial charge on any atom is 0.0835 e. The molecular weight excluding hydrogens is 124 g/mol. The van der Waals surface area contributed by atoms with E-state index < -0.39 is 0 Å². The van der Waals surface area contributed by atoms with Crippen molar-refractivity contribution in [1.82, 2.24) is 0 Å². The minimum Gasteiger partial charge on any atom is -0.192 e. The Kier molecular flexibility index (Phi) is 4.46. The van der Waals surface area contributed by atoms with Crippen LogP contribution < -0.4 is 0 Å². The number of azo groups is 1. The number of allylic oxidation sites excluding steroid dienone is 3. The second-order valence-electron chi connectivity index (χ2n) is 1.95. The van der Waals surface area contributed by atoms with Gasteiger partial charge in [-0.3, -0.25) is 0 Å². The molecule has 0 aromatic heterocycles. The molecule has 2 nitrogen and oxygen atoms in total. The molecule has 56 valence electrons. The van der Waals surface area contributed by atoms with Crippen LogP contribution in [0.5, 0.6) is 0 Å². The van der Waals surface area contributed by atoms with Crippen LogP contribution in [0.1, 0.15) is 20.8 Å². The van der Waals surface area contributed by atoms with Crippen LogP contribution in [0.3, 0.4) is 0 Å². The molecule has 0 radical (unpaired) electrons. The van der Waals surface area contributed by atoms with Crippen molar-refractivity contribution in [2.24, 2.45) is 10.2 Å². The molecule has 0 fully saturated rings. The molecule has 0 N–H and O–H groups in total. The normalized spacial score (nSPS) is 14.8. The van der Waals surface area contributed by atoms with Crippen molar-refractivity contribution >= 4 is 0 Å². The van der Waals surface area contributed by atoms with Gasteiger partial charge in [0.25, 0.3) is 0 Å². The SMILES string of the molecule is C/C=C(C)\C(=C/C)N=NC. The predicted octanol–water partition coefficient (Wildman–Crippen LogP) is 2.94. The molecule has 0 bridgehead atoms. The first kappa shape index (κ1) is 9.08. The monoisotopic (exact) mass is 138 g/mol. The van der Waals surface area contributed by atoms with Crippen LogP contribution in [-0.4, -0.2) is 7.05 Å². The van der Waals surface area contributed by atoms with E-state index in [0.29, 0.717) is 0 Å². The topological polar surface area (TPSA) is 24.7 Å². The molecule has 0 spiro atoms. The van der Waals surface area contributed by atoms with Gasteiger partial charge in [0.05, 0.1) is 5.70 Å². The smallest absolute Gasteiger partial charge is 0.0835 e. The van der Waals surface area contributed by atoms with E-state index in [1.165, 1.54) is 0 Å². The Morgan fingerprint density at radius 2 is 1.80 bits per heavy atom. The van der Waals surface area contributed by atoms with Gasteiger partial charge in [-0.25, -0.2) is 0 Å². The van der Waals surface area contributed by atoms with E-state index in [2.05, 4.69) is 10.2 Å². The predicted molar refractivity (Wildman–Crippen MR) is 44.0 cm³/mol. The number of rotatable bonds is 2. The van der Waals surface area contributed by atoms with Crippen LogP contribution in [0.2, 0.25) is 0 Å². The molecule has 0 aliphatic rings. The molecule has 0 aromatic rings. The van der Waals surface area contributed by atoms with Crippen molar-refractivity contribution in [1.29, 1.82) is 0 Å². The standard InChI is InChI=1S/C8H14N2/c1-5-7(3)8(6-2)10-9-4/h5-6H,1-4H3/b7-5-,8-6+,10-9?. The molecule has 0 heterocycles. The maximum atomic E-state index is 3.93. The fraction of sp³-hybridized carbons (Fsp3) is 0.500. The minimum atomic E-state index is 0.949. The Bertz CT molecular complexity index is 176. The summed E-state index contributed by atoms with van der Waals surface area (Å²) in [7, 11) is 1.67. The van der Waals surface area contributed by atoms with Crippen LogP contribution in [0.25, 0.3) is 0 Å². The summed E-state index contributed by atoms with van der Waals surface area (Å²) in [5.41, 5.74) is 2.11. The van der Waals surface area contributed by atoms with E-state index in [4.69, 9.17) is 0 Å². The molecule has 0 rings (SSSR count). The summed E-state index contributed by atoms with van der Waals surface area (Å²) in [6.45, 7) is 5.96. The third-order valence-electron chi connectivity index (χ3n) is 1.32. The van der Waals surface area contributed by atoms with Crippen LogP contribution >= 0.6 is 0 Å². The van der Waals surface area contributed by atoms with Crippen molar-refractivity contribution in [3.8, 4) is 0 Å². The highest BCUT2D eigenvalue weighted by molar-refractivity contribution is 5.25. The van der Waals surface area contributed by atoms with Gasteiger partial charge in [0.15, 0.2) is 0 Å². The Labute approximate surface area is 62.4 Å². The minimum absolute atomic E-state index is 0.949. The van der Waals surface area contributed by atoms with Crippen molar-refractivity contribution in [3.05, 3.63) is 23.4 Å². The zero-order valence-corrected chi connectivity index (χ0v) is 7.05. The molecule has 0 amide bonds. The van der Waals surface area contributed by atoms with Crippen LogP contribution in [0.4, 0.5) is 0 Å². The third kappa shape index (κ3) is 2.58. The number of hydrogen-bond donors (Lipinski definition) is 0. The molecule has 0 aliphatic heterocycles. The first-order chi connectivity index (χ1) is 4.76. The van der Waals surface area contributed by atoms with E-state index in [1.54, 1.807) is 7.05 Å². The van der Waals surface area contributed by atoms with Gasteiger partial charge in [-0.05, 0) is 26.3 Å². The Balaban J connectivity index is 4.39. The van der Waals surface area contributed by atoms with Crippen LogP contribution in [0.15, 0.2) is 33.7 Å². The van der Waals surface area contributed by atoms with E-state index in [-0.39, 0.29) is 0 Å². The molecule has 0 aromatic carbocycles. The first-order valence-corrected chi connectivity index (χ1v) is 3.35. The average Bonchev–Trinajstić information content (AvgIpc) is 1.99. The lowest BCUT2D eigenvalue weighted by Gasteiger charge is -1.96. The number of nitrogens with zero attached hydrogens (tertiary/aromatic N) is 2. The van der Waals surface area contributed by atoms with Gasteiger partial charge in [0.1, 0.15) is 0 Å². The van der Waals surface area contributed by atoms with Crippen molar-refractivity contribution in [3.63, 3.8) is 0 Å². The molecule has 0 saturated heterocycles. The fourth-order valence-corrected chi connectivity index (χ4v) is 0.620. The van der Waals surface area contributed by atoms with Gasteiger partial charge in [-0.2, -0.15) is 10.2 Å². The summed E-state index contributed by atoms with van der Waals surface area (Å²) >= 11 is 0. The third-order valence-corrected chi connectivity index (χ3v) is 1.32. The summed E-state index contributed by atoms with van der Waals surface area (Å²) in [6, 6.07) is 0. The second kappa shape index (κ2) is 4.91. The van der Waals surface area contributed by atoms with E-state index in [1.807, 2.05) is 32.9 Å². The van der Waals surface area contributed by atoms with Gasteiger partial charge in [-0.1, -0.05) is 12.2 Å². The quantitative estimate of drug-likeness (QED) is 0.414. The lowest BCUT2D eigenvalue weighted by Crippen LogP contribution is -1.78. The second-order valence-corrected chi connectivity index (χ2v) is 1.95. The van der Waals surface area contributed by atoms with Crippen LogP contribution in [0, 0.1) is 0 Å². The lowest BCUT2D eigenvalue weighted by atomic mass is 10.2. The zero-order chi connectivity index (χ0) is 7.98. The highest BCUT2D eigenvalue weighted by atomic mass is 15.1. The van der Waals surface area contributed by atoms with Gasteiger partial charge >= 0.3 is 0 Å². The lowest BCUT2D eigenvalue weighted by molar-refractivity contribution is 1.08. The maximum absolute atomic E-state index is 3.93. The summed E-state index contributed by atoms with van der Waals surface area (Å²) in [5.74, 6) is 0. The van der Waals surface area contributed by atoms with Gasteiger partial charge in [0.2, 0.25) is 0 Å². The zero-order valence-electron chi connectivity index (χ0n) is 7.05. The van der Waals surface area contributed by atoms with Gasteiger partial charge < -0.3 is 0 Å². The van der Waals surface area contributed by atoms with Gasteiger partial charge in [-0.15, -0.1) is 0 Å². The molecule has 10 heavy (non-hydrogen) atoms. The Morgan fingerprint density at radius 1 is 1.20 bits per heavy atom. The Hall–Kier alpha value is -0.920. The highest BCUT2D eigenvalue weighted by Gasteiger charge is 1.92. The fourth-order valence-electron chi connectivity index (χ4n) is 0.620. The molecule has 0 atom stereocenters. The number of hydrogen-bond acceptors (Lipinski definition) is 2. The van der Waals surface area contributed by atoms with E-state index in [9.17, 15) is 0 Å². The summed E-state index contributed by atoms with van der Waals surface area (Å²) in [5, 5.41) is 7.62.